The first kappa shape index (κ1) is 13.6. The second kappa shape index (κ2) is 6.30. The second-order valence-corrected chi connectivity index (χ2v) is 3.64. The number of aliphatic hydroxyl groups excluding tert-OH is 1. The molecule has 0 radical (unpaired) electrons. The van der Waals surface area contributed by atoms with Crippen LogP contribution in [0.1, 0.15) is 23.7 Å². The predicted octanol–water partition coefficient (Wildman–Crippen LogP) is 1.81. The van der Waals surface area contributed by atoms with Crippen LogP contribution in [0.4, 0.5) is 8.78 Å². The van der Waals surface area contributed by atoms with E-state index in [1.807, 2.05) is 6.92 Å². The summed E-state index contributed by atoms with van der Waals surface area (Å²) in [7, 11) is 0. The maximum atomic E-state index is 13.4. The number of benzene rings is 1. The summed E-state index contributed by atoms with van der Waals surface area (Å²) in [4.78, 5) is 13.3. The van der Waals surface area contributed by atoms with Crippen LogP contribution in [0.15, 0.2) is 18.2 Å². The fraction of sp³-hybridized carbons (Fsp3) is 0.417. The zero-order valence-electron chi connectivity index (χ0n) is 9.62. The van der Waals surface area contributed by atoms with Crippen molar-refractivity contribution in [3.05, 3.63) is 35.4 Å². The molecule has 0 unspecified atom stereocenters. The van der Waals surface area contributed by atoms with E-state index in [9.17, 15) is 13.6 Å². The van der Waals surface area contributed by atoms with Gasteiger partial charge in [-0.25, -0.2) is 8.78 Å². The van der Waals surface area contributed by atoms with Crippen LogP contribution < -0.4 is 0 Å². The van der Waals surface area contributed by atoms with Gasteiger partial charge in [-0.15, -0.1) is 0 Å². The lowest BCUT2D eigenvalue weighted by Crippen LogP contribution is -2.34. The topological polar surface area (TPSA) is 40.5 Å². The number of carbonyl (C=O) groups excluding carboxylic acids is 1. The Labute approximate surface area is 98.7 Å². The van der Waals surface area contributed by atoms with Crippen LogP contribution in [0.3, 0.4) is 0 Å². The van der Waals surface area contributed by atoms with Crippen LogP contribution >= 0.6 is 0 Å². The van der Waals surface area contributed by atoms with Crippen LogP contribution in [0.2, 0.25) is 0 Å². The van der Waals surface area contributed by atoms with E-state index < -0.39 is 17.5 Å². The lowest BCUT2D eigenvalue weighted by atomic mass is 10.1. The van der Waals surface area contributed by atoms with E-state index in [0.717, 1.165) is 12.1 Å². The summed E-state index contributed by atoms with van der Waals surface area (Å²) in [5, 5.41) is 8.82. The maximum Gasteiger partial charge on any atom is 0.256 e. The molecule has 0 saturated carbocycles. The number of nitrogens with zero attached hydrogens (tertiary/aromatic N) is 1. The molecule has 1 aromatic carbocycles. The van der Waals surface area contributed by atoms with Crippen LogP contribution in [-0.4, -0.2) is 35.6 Å². The van der Waals surface area contributed by atoms with Crippen molar-refractivity contribution in [3.63, 3.8) is 0 Å². The number of hydrogen-bond donors (Lipinski definition) is 1. The molecule has 0 bridgehead atoms. The summed E-state index contributed by atoms with van der Waals surface area (Å²) >= 11 is 0. The van der Waals surface area contributed by atoms with Crippen molar-refractivity contribution in [2.75, 3.05) is 19.7 Å². The summed E-state index contributed by atoms with van der Waals surface area (Å²) in [6.07, 6.45) is 0.703. The van der Waals surface area contributed by atoms with Crippen molar-refractivity contribution in [1.29, 1.82) is 0 Å². The zero-order valence-corrected chi connectivity index (χ0v) is 9.62. The third-order valence-corrected chi connectivity index (χ3v) is 2.31. The molecule has 1 N–H and O–H groups in total. The Balaban J connectivity index is 2.92. The molecule has 0 fully saturated rings. The van der Waals surface area contributed by atoms with Gasteiger partial charge < -0.3 is 10.0 Å². The molecular weight excluding hydrogens is 228 g/mol. The lowest BCUT2D eigenvalue weighted by Gasteiger charge is -2.21. The highest BCUT2D eigenvalue weighted by atomic mass is 19.1. The molecule has 0 aliphatic carbocycles. The van der Waals surface area contributed by atoms with Crippen molar-refractivity contribution in [3.8, 4) is 0 Å². The van der Waals surface area contributed by atoms with Gasteiger partial charge in [-0.3, -0.25) is 4.79 Å². The van der Waals surface area contributed by atoms with E-state index in [2.05, 4.69) is 0 Å². The van der Waals surface area contributed by atoms with Crippen LogP contribution in [0.25, 0.3) is 0 Å². The molecular formula is C12H15F2NO2. The molecule has 0 aliphatic heterocycles. The van der Waals surface area contributed by atoms with E-state index in [1.165, 1.54) is 4.90 Å². The highest BCUT2D eigenvalue weighted by molar-refractivity contribution is 5.94. The largest absolute Gasteiger partial charge is 0.395 e. The normalized spacial score (nSPS) is 10.4. The van der Waals surface area contributed by atoms with Gasteiger partial charge in [0, 0.05) is 19.2 Å². The molecule has 1 amide bonds. The maximum absolute atomic E-state index is 13.4. The minimum absolute atomic E-state index is 0.142. The van der Waals surface area contributed by atoms with E-state index in [0.29, 0.717) is 19.0 Å². The quantitative estimate of drug-likeness (QED) is 0.856. The minimum atomic E-state index is -0.881. The van der Waals surface area contributed by atoms with Crippen molar-refractivity contribution in [2.45, 2.75) is 13.3 Å². The Kier molecular flexibility index (Phi) is 5.03. The number of amides is 1. The van der Waals surface area contributed by atoms with E-state index in [-0.39, 0.29) is 18.7 Å². The van der Waals surface area contributed by atoms with E-state index >= 15 is 0 Å². The van der Waals surface area contributed by atoms with Gasteiger partial charge in [0.15, 0.2) is 0 Å². The molecule has 0 spiro atoms. The van der Waals surface area contributed by atoms with Crippen LogP contribution in [0.5, 0.6) is 0 Å². The number of aliphatic hydroxyl groups is 1. The Bertz CT molecular complexity index is 390. The van der Waals surface area contributed by atoms with Gasteiger partial charge in [0.1, 0.15) is 11.6 Å². The molecule has 17 heavy (non-hydrogen) atoms. The highest BCUT2D eigenvalue weighted by Gasteiger charge is 2.18. The molecule has 5 heteroatoms. The van der Waals surface area contributed by atoms with Gasteiger partial charge in [0.05, 0.1) is 12.2 Å². The first-order chi connectivity index (χ1) is 8.10. The first-order valence-electron chi connectivity index (χ1n) is 5.45. The molecule has 0 saturated heterocycles. The molecule has 0 aliphatic rings. The van der Waals surface area contributed by atoms with Crippen molar-refractivity contribution in [1.82, 2.24) is 4.90 Å². The second-order valence-electron chi connectivity index (χ2n) is 3.64. The van der Waals surface area contributed by atoms with Crippen molar-refractivity contribution in [2.24, 2.45) is 0 Å². The Morgan fingerprint density at radius 3 is 2.59 bits per heavy atom. The number of rotatable bonds is 5. The third kappa shape index (κ3) is 3.49. The van der Waals surface area contributed by atoms with Crippen molar-refractivity contribution >= 4 is 5.91 Å². The Morgan fingerprint density at radius 1 is 1.35 bits per heavy atom. The molecule has 3 nitrogen and oxygen atoms in total. The van der Waals surface area contributed by atoms with Crippen LogP contribution in [-0.2, 0) is 0 Å². The molecule has 94 valence electrons. The summed E-state index contributed by atoms with van der Waals surface area (Å²) in [5.74, 6) is -2.13. The molecule has 0 aromatic heterocycles. The van der Waals surface area contributed by atoms with Gasteiger partial charge >= 0.3 is 0 Å². The number of halogens is 2. The van der Waals surface area contributed by atoms with Gasteiger partial charge in [-0.05, 0) is 18.6 Å². The predicted molar refractivity (Wildman–Crippen MR) is 59.6 cm³/mol. The van der Waals surface area contributed by atoms with Crippen LogP contribution in [0, 0.1) is 11.6 Å². The van der Waals surface area contributed by atoms with Crippen molar-refractivity contribution < 1.29 is 18.7 Å². The van der Waals surface area contributed by atoms with Gasteiger partial charge in [-0.2, -0.15) is 0 Å². The Hall–Kier alpha value is -1.49. The third-order valence-electron chi connectivity index (χ3n) is 2.31. The SMILES string of the molecule is CCCN(CCO)C(=O)c1ccc(F)cc1F. The average molecular weight is 243 g/mol. The smallest absolute Gasteiger partial charge is 0.256 e. The van der Waals surface area contributed by atoms with Gasteiger partial charge in [0.25, 0.3) is 5.91 Å². The first-order valence-corrected chi connectivity index (χ1v) is 5.45. The fourth-order valence-electron chi connectivity index (χ4n) is 1.54. The highest BCUT2D eigenvalue weighted by Crippen LogP contribution is 2.12. The molecule has 1 aromatic rings. The Morgan fingerprint density at radius 2 is 2.06 bits per heavy atom. The van der Waals surface area contributed by atoms with E-state index in [4.69, 9.17) is 5.11 Å². The van der Waals surface area contributed by atoms with Gasteiger partial charge in [0.2, 0.25) is 0 Å². The van der Waals surface area contributed by atoms with E-state index in [1.54, 1.807) is 0 Å². The molecule has 0 heterocycles. The summed E-state index contributed by atoms with van der Waals surface area (Å²) < 4.78 is 26.1. The summed E-state index contributed by atoms with van der Waals surface area (Å²) in [6, 6.07) is 2.84. The summed E-state index contributed by atoms with van der Waals surface area (Å²) in [6.45, 7) is 2.26. The zero-order chi connectivity index (χ0) is 12.8. The molecule has 0 atom stereocenters. The lowest BCUT2D eigenvalue weighted by molar-refractivity contribution is 0.0717. The number of carbonyl (C=O) groups is 1. The summed E-state index contributed by atoms with van der Waals surface area (Å²) in [5.41, 5.74) is -0.173. The minimum Gasteiger partial charge on any atom is -0.395 e. The number of hydrogen-bond acceptors (Lipinski definition) is 2. The molecule has 1 rings (SSSR count). The van der Waals surface area contributed by atoms with Gasteiger partial charge in [-0.1, -0.05) is 6.92 Å². The fourth-order valence-corrected chi connectivity index (χ4v) is 1.54. The standard InChI is InChI=1S/C12H15F2NO2/c1-2-5-15(6-7-16)12(17)10-4-3-9(13)8-11(10)14/h3-4,8,16H,2,5-7H2,1H3. The average Bonchev–Trinajstić information content (AvgIpc) is 2.28. The monoisotopic (exact) mass is 243 g/mol.